The number of aliphatic hydroxyl groups is 1. The Morgan fingerprint density at radius 1 is 1.15 bits per heavy atom. The van der Waals surface area contributed by atoms with Crippen LogP contribution < -0.4 is 0 Å². The first-order chi connectivity index (χ1) is 9.79. The molecule has 0 aromatic heterocycles. The lowest BCUT2D eigenvalue weighted by molar-refractivity contribution is 0.0305. The van der Waals surface area contributed by atoms with Crippen LogP contribution in [0.15, 0.2) is 24.3 Å². The second kappa shape index (κ2) is 6.28. The Hall–Kier alpha value is -0.860. The van der Waals surface area contributed by atoms with E-state index in [0.29, 0.717) is 6.04 Å². The van der Waals surface area contributed by atoms with Crippen LogP contribution in [0.2, 0.25) is 0 Å². The number of aliphatic hydroxyl groups excluding tert-OH is 1. The zero-order chi connectivity index (χ0) is 13.9. The Labute approximate surface area is 122 Å². The van der Waals surface area contributed by atoms with Gasteiger partial charge in [-0.1, -0.05) is 37.6 Å². The summed E-state index contributed by atoms with van der Waals surface area (Å²) in [6.07, 6.45) is 7.29. The van der Waals surface area contributed by atoms with Crippen LogP contribution in [0.5, 0.6) is 0 Å². The normalized spacial score (nSPS) is 26.9. The minimum atomic E-state index is -0.311. The molecular formula is C18H27NO. The number of likely N-dealkylation sites (N-methyl/N-ethyl adjacent to an activating group) is 1. The number of fused-ring (bicyclic) bond motifs is 1. The maximum Gasteiger partial charge on any atom is 0.0947 e. The molecule has 3 rings (SSSR count). The first-order valence-electron chi connectivity index (χ1n) is 8.29. The van der Waals surface area contributed by atoms with Crippen LogP contribution in [-0.4, -0.2) is 29.1 Å². The molecule has 2 heteroatoms. The lowest BCUT2D eigenvalue weighted by Crippen LogP contribution is -2.43. The standard InChI is InChI=1S/C18H27NO/c1-2-19(13-14-7-5-8-14)17-12-6-10-15-9-3-4-11-16(15)18(17)20/h3-4,9,11,14,17-18,20H,2,5-8,10,12-13H2,1H3. The maximum absolute atomic E-state index is 10.9. The van der Waals surface area contributed by atoms with E-state index in [4.69, 9.17) is 0 Å². The van der Waals surface area contributed by atoms with Gasteiger partial charge in [-0.3, -0.25) is 4.90 Å². The van der Waals surface area contributed by atoms with Crippen molar-refractivity contribution in [3.8, 4) is 0 Å². The van der Waals surface area contributed by atoms with E-state index in [0.717, 1.165) is 25.3 Å². The van der Waals surface area contributed by atoms with Gasteiger partial charge in [0.05, 0.1) is 6.10 Å². The van der Waals surface area contributed by atoms with Crippen LogP contribution in [0.25, 0.3) is 0 Å². The number of aryl methyl sites for hydroxylation is 1. The van der Waals surface area contributed by atoms with Gasteiger partial charge in [0.25, 0.3) is 0 Å². The predicted octanol–water partition coefficient (Wildman–Crippen LogP) is 3.55. The molecule has 110 valence electrons. The molecule has 1 aromatic rings. The molecule has 0 radical (unpaired) electrons. The molecule has 2 aliphatic rings. The van der Waals surface area contributed by atoms with Crippen LogP contribution in [-0.2, 0) is 6.42 Å². The molecule has 0 aliphatic heterocycles. The molecule has 1 N–H and O–H groups in total. The van der Waals surface area contributed by atoms with Crippen molar-refractivity contribution in [1.29, 1.82) is 0 Å². The third-order valence-corrected chi connectivity index (χ3v) is 5.28. The number of hydrogen-bond donors (Lipinski definition) is 1. The molecule has 20 heavy (non-hydrogen) atoms. The molecule has 0 bridgehead atoms. The summed E-state index contributed by atoms with van der Waals surface area (Å²) in [5.41, 5.74) is 2.52. The number of hydrogen-bond acceptors (Lipinski definition) is 2. The van der Waals surface area contributed by atoms with Gasteiger partial charge in [-0.2, -0.15) is 0 Å². The summed E-state index contributed by atoms with van der Waals surface area (Å²) in [5.74, 6) is 0.876. The average Bonchev–Trinajstić information content (AvgIpc) is 2.59. The smallest absolute Gasteiger partial charge is 0.0947 e. The summed E-state index contributed by atoms with van der Waals surface area (Å²) in [5, 5.41) is 10.9. The minimum absolute atomic E-state index is 0.309. The maximum atomic E-state index is 10.9. The van der Waals surface area contributed by atoms with Crippen molar-refractivity contribution in [3.63, 3.8) is 0 Å². The average molecular weight is 273 g/mol. The second-order valence-electron chi connectivity index (χ2n) is 6.49. The second-order valence-corrected chi connectivity index (χ2v) is 6.49. The van der Waals surface area contributed by atoms with Gasteiger partial charge in [0, 0.05) is 12.6 Å². The molecule has 1 saturated carbocycles. The predicted molar refractivity (Wildman–Crippen MR) is 82.7 cm³/mol. The fourth-order valence-electron chi connectivity index (χ4n) is 3.81. The van der Waals surface area contributed by atoms with Gasteiger partial charge in [-0.15, -0.1) is 0 Å². The summed E-state index contributed by atoms with van der Waals surface area (Å²) < 4.78 is 0. The van der Waals surface area contributed by atoms with Crippen LogP contribution in [0.1, 0.15) is 56.3 Å². The summed E-state index contributed by atoms with van der Waals surface area (Å²) in [7, 11) is 0. The fraction of sp³-hybridized carbons (Fsp3) is 0.667. The molecule has 2 aliphatic carbocycles. The zero-order valence-electron chi connectivity index (χ0n) is 12.6. The monoisotopic (exact) mass is 273 g/mol. The molecule has 1 fully saturated rings. The lowest BCUT2D eigenvalue weighted by Gasteiger charge is -2.38. The van der Waals surface area contributed by atoms with E-state index < -0.39 is 0 Å². The molecule has 0 spiro atoms. The highest BCUT2D eigenvalue weighted by molar-refractivity contribution is 5.31. The molecule has 1 aromatic carbocycles. The number of benzene rings is 1. The Morgan fingerprint density at radius 2 is 1.95 bits per heavy atom. The summed E-state index contributed by atoms with van der Waals surface area (Å²) in [6, 6.07) is 8.77. The van der Waals surface area contributed by atoms with Gasteiger partial charge in [0.2, 0.25) is 0 Å². The molecule has 0 heterocycles. The quantitative estimate of drug-likeness (QED) is 0.848. The van der Waals surface area contributed by atoms with Gasteiger partial charge < -0.3 is 5.11 Å². The SMILES string of the molecule is CCN(CC1CCC1)C1CCCc2ccccc2C1O. The number of rotatable bonds is 4. The topological polar surface area (TPSA) is 23.5 Å². The Balaban J connectivity index is 1.77. The highest BCUT2D eigenvalue weighted by atomic mass is 16.3. The fourth-order valence-corrected chi connectivity index (χ4v) is 3.81. The van der Waals surface area contributed by atoms with Gasteiger partial charge in [0.1, 0.15) is 0 Å². The van der Waals surface area contributed by atoms with Crippen molar-refractivity contribution in [3.05, 3.63) is 35.4 Å². The van der Waals surface area contributed by atoms with Crippen molar-refractivity contribution < 1.29 is 5.11 Å². The van der Waals surface area contributed by atoms with Crippen LogP contribution in [0.4, 0.5) is 0 Å². The third-order valence-electron chi connectivity index (χ3n) is 5.28. The molecule has 2 unspecified atom stereocenters. The Morgan fingerprint density at radius 3 is 2.65 bits per heavy atom. The molecule has 0 amide bonds. The van der Waals surface area contributed by atoms with E-state index in [1.807, 2.05) is 0 Å². The Kier molecular flexibility index (Phi) is 4.42. The molecule has 0 saturated heterocycles. The van der Waals surface area contributed by atoms with E-state index in [1.165, 1.54) is 43.4 Å². The molecule has 2 atom stereocenters. The summed E-state index contributed by atoms with van der Waals surface area (Å²) >= 11 is 0. The van der Waals surface area contributed by atoms with E-state index in [1.54, 1.807) is 0 Å². The van der Waals surface area contributed by atoms with E-state index in [-0.39, 0.29) is 6.10 Å². The van der Waals surface area contributed by atoms with Crippen LogP contribution in [0.3, 0.4) is 0 Å². The lowest BCUT2D eigenvalue weighted by atomic mass is 9.84. The first-order valence-corrected chi connectivity index (χ1v) is 8.29. The first kappa shape index (κ1) is 14.1. The summed E-state index contributed by atoms with van der Waals surface area (Å²) in [6.45, 7) is 4.48. The van der Waals surface area contributed by atoms with E-state index in [9.17, 15) is 5.11 Å². The van der Waals surface area contributed by atoms with Gasteiger partial charge in [-0.05, 0) is 55.7 Å². The largest absolute Gasteiger partial charge is 0.387 e. The van der Waals surface area contributed by atoms with Crippen molar-refractivity contribution >= 4 is 0 Å². The highest BCUT2D eigenvalue weighted by Gasteiger charge is 2.32. The van der Waals surface area contributed by atoms with Gasteiger partial charge in [0.15, 0.2) is 0 Å². The van der Waals surface area contributed by atoms with Gasteiger partial charge in [-0.25, -0.2) is 0 Å². The van der Waals surface area contributed by atoms with Crippen molar-refractivity contribution in [2.45, 2.75) is 57.6 Å². The minimum Gasteiger partial charge on any atom is -0.387 e. The van der Waals surface area contributed by atoms with Crippen molar-refractivity contribution in [1.82, 2.24) is 4.90 Å². The van der Waals surface area contributed by atoms with Gasteiger partial charge >= 0.3 is 0 Å². The summed E-state index contributed by atoms with van der Waals surface area (Å²) in [4.78, 5) is 2.54. The van der Waals surface area contributed by atoms with Crippen molar-refractivity contribution in [2.75, 3.05) is 13.1 Å². The van der Waals surface area contributed by atoms with Crippen LogP contribution in [0, 0.1) is 5.92 Å². The van der Waals surface area contributed by atoms with E-state index in [2.05, 4.69) is 36.1 Å². The zero-order valence-corrected chi connectivity index (χ0v) is 12.6. The number of nitrogens with zero attached hydrogens (tertiary/aromatic N) is 1. The van der Waals surface area contributed by atoms with E-state index >= 15 is 0 Å². The Bertz CT molecular complexity index is 441. The van der Waals surface area contributed by atoms with Crippen LogP contribution >= 0.6 is 0 Å². The highest BCUT2D eigenvalue weighted by Crippen LogP contribution is 2.34. The third kappa shape index (κ3) is 2.77. The molecule has 2 nitrogen and oxygen atoms in total. The van der Waals surface area contributed by atoms with Crippen molar-refractivity contribution in [2.24, 2.45) is 5.92 Å². The molecular weight excluding hydrogens is 246 g/mol.